The number of carbonyl (C=O) groups excluding carboxylic acids is 1. The van der Waals surface area contributed by atoms with Crippen molar-refractivity contribution in [3.63, 3.8) is 0 Å². The van der Waals surface area contributed by atoms with E-state index in [1.54, 1.807) is 18.3 Å². The molecule has 1 aromatic heterocycles. The molecule has 0 saturated carbocycles. The minimum absolute atomic E-state index is 0.679. The molecule has 0 radical (unpaired) electrons. The minimum Gasteiger partial charge on any atom is -0.298 e. The maximum Gasteiger partial charge on any atom is 0.150 e. The molecular weight excluding hydrogens is 202 g/mol. The molecule has 2 rings (SSSR count). The van der Waals surface area contributed by atoms with Gasteiger partial charge in [0, 0.05) is 17.7 Å². The van der Waals surface area contributed by atoms with Crippen molar-refractivity contribution in [2.24, 2.45) is 0 Å². The van der Waals surface area contributed by atoms with Crippen LogP contribution < -0.4 is 0 Å². The number of hydrogen-bond acceptors (Lipinski definition) is 3. The zero-order valence-electron chi connectivity index (χ0n) is 9.13. The van der Waals surface area contributed by atoms with Crippen LogP contribution in [-0.4, -0.2) is 21.3 Å². The summed E-state index contributed by atoms with van der Waals surface area (Å²) in [5.41, 5.74) is 2.70. The van der Waals surface area contributed by atoms with Crippen LogP contribution in [0.3, 0.4) is 0 Å². The van der Waals surface area contributed by atoms with Gasteiger partial charge in [0.15, 0.2) is 0 Å². The molecule has 2 aromatic rings. The van der Waals surface area contributed by atoms with Gasteiger partial charge in [0.05, 0.1) is 11.9 Å². The molecule has 0 aliphatic rings. The third-order valence-corrected chi connectivity index (χ3v) is 2.40. The summed E-state index contributed by atoms with van der Waals surface area (Å²) in [7, 11) is 0. The molecule has 0 atom stereocenters. The standard InChI is InChI=1S/C12H13N3O/c1-2-7-15-12(8-13-14-15)11-5-3-10(9-16)4-6-11/h3-6,8-9H,2,7H2,1H3. The monoisotopic (exact) mass is 215 g/mol. The van der Waals surface area contributed by atoms with Gasteiger partial charge in [0.2, 0.25) is 0 Å². The molecule has 0 saturated heterocycles. The first kappa shape index (κ1) is 10.5. The first-order chi connectivity index (χ1) is 7.85. The average Bonchev–Trinajstić information content (AvgIpc) is 2.78. The summed E-state index contributed by atoms with van der Waals surface area (Å²) in [5.74, 6) is 0. The lowest BCUT2D eigenvalue weighted by atomic mass is 10.1. The molecule has 0 amide bonds. The molecule has 0 aliphatic carbocycles. The van der Waals surface area contributed by atoms with Crippen molar-refractivity contribution in [2.75, 3.05) is 0 Å². The van der Waals surface area contributed by atoms with Crippen LogP contribution in [0, 0.1) is 0 Å². The maximum absolute atomic E-state index is 10.5. The first-order valence-corrected chi connectivity index (χ1v) is 5.29. The molecule has 0 aliphatic heterocycles. The zero-order chi connectivity index (χ0) is 11.4. The summed E-state index contributed by atoms with van der Waals surface area (Å²) in [4.78, 5) is 10.5. The second-order valence-electron chi connectivity index (χ2n) is 3.58. The van der Waals surface area contributed by atoms with Crippen molar-refractivity contribution < 1.29 is 4.79 Å². The number of hydrogen-bond donors (Lipinski definition) is 0. The van der Waals surface area contributed by atoms with Crippen LogP contribution in [0.2, 0.25) is 0 Å². The third-order valence-electron chi connectivity index (χ3n) is 2.40. The van der Waals surface area contributed by atoms with Gasteiger partial charge < -0.3 is 0 Å². The van der Waals surface area contributed by atoms with E-state index in [9.17, 15) is 4.79 Å². The Hall–Kier alpha value is -1.97. The smallest absolute Gasteiger partial charge is 0.150 e. The number of nitrogens with zero attached hydrogens (tertiary/aromatic N) is 3. The number of aryl methyl sites for hydroxylation is 1. The van der Waals surface area contributed by atoms with Gasteiger partial charge in [-0.15, -0.1) is 5.10 Å². The number of benzene rings is 1. The Morgan fingerprint density at radius 1 is 1.31 bits per heavy atom. The normalized spacial score (nSPS) is 10.3. The van der Waals surface area contributed by atoms with Crippen LogP contribution in [-0.2, 0) is 6.54 Å². The molecule has 0 unspecified atom stereocenters. The summed E-state index contributed by atoms with van der Waals surface area (Å²) >= 11 is 0. The molecular formula is C12H13N3O. The zero-order valence-corrected chi connectivity index (χ0v) is 9.13. The van der Waals surface area contributed by atoms with Gasteiger partial charge in [-0.05, 0) is 6.42 Å². The van der Waals surface area contributed by atoms with Crippen LogP contribution in [0.25, 0.3) is 11.3 Å². The van der Waals surface area contributed by atoms with Crippen LogP contribution in [0.1, 0.15) is 23.7 Å². The largest absolute Gasteiger partial charge is 0.298 e. The SMILES string of the molecule is CCCn1nncc1-c1ccc(C=O)cc1. The molecule has 0 bridgehead atoms. The van der Waals surface area contributed by atoms with E-state index in [1.807, 2.05) is 16.8 Å². The maximum atomic E-state index is 10.5. The van der Waals surface area contributed by atoms with Gasteiger partial charge in [0.25, 0.3) is 0 Å². The highest BCUT2D eigenvalue weighted by molar-refractivity contribution is 5.76. The molecule has 4 heteroatoms. The van der Waals surface area contributed by atoms with Crippen LogP contribution >= 0.6 is 0 Å². The average molecular weight is 215 g/mol. The lowest BCUT2D eigenvalue weighted by Crippen LogP contribution is -2.01. The summed E-state index contributed by atoms with van der Waals surface area (Å²) < 4.78 is 1.87. The van der Waals surface area contributed by atoms with E-state index in [1.165, 1.54) is 0 Å². The Morgan fingerprint density at radius 3 is 2.69 bits per heavy atom. The van der Waals surface area contributed by atoms with E-state index in [0.717, 1.165) is 30.5 Å². The predicted octanol–water partition coefficient (Wildman–Crippen LogP) is 2.17. The van der Waals surface area contributed by atoms with Gasteiger partial charge in [-0.3, -0.25) is 4.79 Å². The fraction of sp³-hybridized carbons (Fsp3) is 0.250. The van der Waals surface area contributed by atoms with Gasteiger partial charge in [-0.25, -0.2) is 4.68 Å². The highest BCUT2D eigenvalue weighted by Gasteiger charge is 2.05. The molecule has 4 nitrogen and oxygen atoms in total. The second-order valence-corrected chi connectivity index (χ2v) is 3.58. The molecule has 82 valence electrons. The quantitative estimate of drug-likeness (QED) is 0.734. The molecule has 1 aromatic carbocycles. The van der Waals surface area contributed by atoms with Crippen molar-refractivity contribution in [3.8, 4) is 11.3 Å². The number of rotatable bonds is 4. The van der Waals surface area contributed by atoms with Crippen LogP contribution in [0.15, 0.2) is 30.5 Å². The summed E-state index contributed by atoms with van der Waals surface area (Å²) in [6, 6.07) is 7.42. The van der Waals surface area contributed by atoms with Gasteiger partial charge in [-0.1, -0.05) is 36.4 Å². The fourth-order valence-corrected chi connectivity index (χ4v) is 1.59. The predicted molar refractivity (Wildman–Crippen MR) is 61.1 cm³/mol. The summed E-state index contributed by atoms with van der Waals surface area (Å²) in [5, 5.41) is 7.93. The van der Waals surface area contributed by atoms with Crippen molar-refractivity contribution in [2.45, 2.75) is 19.9 Å². The van der Waals surface area contributed by atoms with Crippen molar-refractivity contribution in [1.82, 2.24) is 15.0 Å². The van der Waals surface area contributed by atoms with E-state index >= 15 is 0 Å². The molecule has 1 heterocycles. The molecule has 16 heavy (non-hydrogen) atoms. The van der Waals surface area contributed by atoms with Crippen molar-refractivity contribution in [1.29, 1.82) is 0 Å². The minimum atomic E-state index is 0.679. The number of carbonyl (C=O) groups is 1. The number of aromatic nitrogens is 3. The summed E-state index contributed by atoms with van der Waals surface area (Å²) in [6.45, 7) is 2.95. The van der Waals surface area contributed by atoms with E-state index in [4.69, 9.17) is 0 Å². The highest BCUT2D eigenvalue weighted by atomic mass is 16.1. The van der Waals surface area contributed by atoms with Crippen molar-refractivity contribution in [3.05, 3.63) is 36.0 Å². The molecule has 0 fully saturated rings. The lowest BCUT2D eigenvalue weighted by Gasteiger charge is -2.04. The van der Waals surface area contributed by atoms with Crippen LogP contribution in [0.4, 0.5) is 0 Å². The Kier molecular flexibility index (Phi) is 3.10. The van der Waals surface area contributed by atoms with Gasteiger partial charge in [0.1, 0.15) is 6.29 Å². The Bertz CT molecular complexity index is 473. The van der Waals surface area contributed by atoms with E-state index in [-0.39, 0.29) is 0 Å². The lowest BCUT2D eigenvalue weighted by molar-refractivity contribution is 0.112. The van der Waals surface area contributed by atoms with E-state index < -0.39 is 0 Å². The van der Waals surface area contributed by atoms with Crippen molar-refractivity contribution >= 4 is 6.29 Å². The Balaban J connectivity index is 2.34. The second kappa shape index (κ2) is 4.70. The fourth-order valence-electron chi connectivity index (χ4n) is 1.59. The highest BCUT2D eigenvalue weighted by Crippen LogP contribution is 2.18. The Morgan fingerprint density at radius 2 is 2.06 bits per heavy atom. The van der Waals surface area contributed by atoms with Gasteiger partial charge in [-0.2, -0.15) is 0 Å². The summed E-state index contributed by atoms with van der Waals surface area (Å²) in [6.07, 6.45) is 3.60. The number of aldehydes is 1. The molecule has 0 spiro atoms. The first-order valence-electron chi connectivity index (χ1n) is 5.29. The van der Waals surface area contributed by atoms with Gasteiger partial charge >= 0.3 is 0 Å². The topological polar surface area (TPSA) is 47.8 Å². The van der Waals surface area contributed by atoms with E-state index in [0.29, 0.717) is 5.56 Å². The Labute approximate surface area is 93.9 Å². The third kappa shape index (κ3) is 2.00. The molecule has 0 N–H and O–H groups in total. The van der Waals surface area contributed by atoms with E-state index in [2.05, 4.69) is 17.2 Å². The van der Waals surface area contributed by atoms with Crippen LogP contribution in [0.5, 0.6) is 0 Å².